The fraction of sp³-hybridized carbons (Fsp3) is 0.556. The Labute approximate surface area is 117 Å². The van der Waals surface area contributed by atoms with Gasteiger partial charge < -0.3 is 5.32 Å². The third kappa shape index (κ3) is 3.27. The minimum absolute atomic E-state index is 0.738. The zero-order chi connectivity index (χ0) is 12.9. The molecule has 1 nitrogen and oxygen atoms in total. The second-order valence-electron chi connectivity index (χ2n) is 6.00. The smallest absolute Gasteiger partial charge is 0.00203 e. The summed E-state index contributed by atoms with van der Waals surface area (Å²) >= 11 is 0. The predicted molar refractivity (Wildman–Crippen MR) is 81.5 cm³/mol. The van der Waals surface area contributed by atoms with E-state index in [1.165, 1.54) is 44.9 Å². The lowest BCUT2D eigenvalue weighted by molar-refractivity contribution is 0.508. The van der Waals surface area contributed by atoms with Gasteiger partial charge in [-0.25, -0.2) is 0 Å². The Hall–Kier alpha value is -1.08. The minimum atomic E-state index is 0.738. The lowest BCUT2D eigenvalue weighted by Crippen LogP contribution is -2.25. The van der Waals surface area contributed by atoms with Gasteiger partial charge in [0.05, 0.1) is 0 Å². The highest BCUT2D eigenvalue weighted by molar-refractivity contribution is 5.32. The third-order valence-corrected chi connectivity index (χ3v) is 4.64. The van der Waals surface area contributed by atoms with E-state index in [0.717, 1.165) is 19.0 Å². The van der Waals surface area contributed by atoms with E-state index in [0.29, 0.717) is 0 Å². The van der Waals surface area contributed by atoms with Crippen LogP contribution < -0.4 is 5.32 Å². The van der Waals surface area contributed by atoms with Gasteiger partial charge in [0.1, 0.15) is 0 Å². The van der Waals surface area contributed by atoms with Gasteiger partial charge >= 0.3 is 0 Å². The summed E-state index contributed by atoms with van der Waals surface area (Å²) in [5, 5.41) is 3.68. The molecule has 3 rings (SSSR count). The average Bonchev–Trinajstić information content (AvgIpc) is 2.97. The first-order valence-corrected chi connectivity index (χ1v) is 7.90. The van der Waals surface area contributed by atoms with Crippen LogP contribution >= 0.6 is 0 Å². The predicted octanol–water partition coefficient (Wildman–Crippen LogP) is 4.20. The molecule has 1 aromatic rings. The van der Waals surface area contributed by atoms with Gasteiger partial charge in [-0.1, -0.05) is 35.9 Å². The number of allylic oxidation sites excluding steroid dienone is 1. The molecular formula is C18H25N. The van der Waals surface area contributed by atoms with Crippen molar-refractivity contribution in [2.24, 2.45) is 0 Å². The van der Waals surface area contributed by atoms with Crippen LogP contribution in [0.25, 0.3) is 0 Å². The lowest BCUT2D eigenvalue weighted by atomic mass is 9.83. The summed E-state index contributed by atoms with van der Waals surface area (Å²) in [6.07, 6.45) is 11.7. The molecule has 1 N–H and O–H groups in total. The molecule has 1 aromatic carbocycles. The molecule has 19 heavy (non-hydrogen) atoms. The van der Waals surface area contributed by atoms with E-state index in [1.54, 1.807) is 16.7 Å². The quantitative estimate of drug-likeness (QED) is 0.614. The Kier molecular flexibility index (Phi) is 4.34. The van der Waals surface area contributed by atoms with Crippen molar-refractivity contribution in [3.8, 4) is 0 Å². The van der Waals surface area contributed by atoms with E-state index in [2.05, 4.69) is 35.7 Å². The highest BCUT2D eigenvalue weighted by Gasteiger charge is 2.19. The highest BCUT2D eigenvalue weighted by Crippen LogP contribution is 2.30. The van der Waals surface area contributed by atoms with Crippen molar-refractivity contribution in [3.05, 3.63) is 47.0 Å². The Morgan fingerprint density at radius 2 is 2.05 bits per heavy atom. The van der Waals surface area contributed by atoms with Crippen LogP contribution in [0.3, 0.4) is 0 Å². The summed E-state index contributed by atoms with van der Waals surface area (Å²) in [6.45, 7) is 2.31. The van der Waals surface area contributed by atoms with Crippen molar-refractivity contribution in [1.29, 1.82) is 0 Å². The monoisotopic (exact) mass is 255 g/mol. The van der Waals surface area contributed by atoms with E-state index in [1.807, 2.05) is 0 Å². The van der Waals surface area contributed by atoms with Gasteiger partial charge in [-0.05, 0) is 68.5 Å². The van der Waals surface area contributed by atoms with E-state index < -0.39 is 0 Å². The molecule has 1 heteroatoms. The molecule has 2 aliphatic rings. The minimum Gasteiger partial charge on any atom is -0.316 e. The van der Waals surface area contributed by atoms with Gasteiger partial charge in [-0.3, -0.25) is 0 Å². The molecule has 0 aromatic heterocycles. The molecule has 1 atom stereocenters. The van der Waals surface area contributed by atoms with Crippen LogP contribution in [0.1, 0.15) is 55.6 Å². The lowest BCUT2D eigenvalue weighted by Gasteiger charge is -2.25. The van der Waals surface area contributed by atoms with Gasteiger partial charge in [-0.15, -0.1) is 0 Å². The Morgan fingerprint density at radius 1 is 1.11 bits per heavy atom. The summed E-state index contributed by atoms with van der Waals surface area (Å²) in [5.41, 5.74) is 4.86. The van der Waals surface area contributed by atoms with Crippen molar-refractivity contribution < 1.29 is 0 Å². The molecule has 0 saturated heterocycles. The summed E-state index contributed by atoms with van der Waals surface area (Å²) in [5.74, 6) is 0.738. The maximum atomic E-state index is 3.68. The average molecular weight is 255 g/mol. The molecule has 0 fully saturated rings. The molecule has 0 spiro atoms. The van der Waals surface area contributed by atoms with Gasteiger partial charge in [0.15, 0.2) is 0 Å². The normalized spacial score (nSPS) is 22.1. The van der Waals surface area contributed by atoms with Crippen LogP contribution in [0.5, 0.6) is 0 Å². The summed E-state index contributed by atoms with van der Waals surface area (Å²) in [6, 6.07) is 9.02. The first-order chi connectivity index (χ1) is 9.43. The Balaban J connectivity index is 1.48. The van der Waals surface area contributed by atoms with Crippen molar-refractivity contribution in [2.45, 2.75) is 50.9 Å². The Bertz CT molecular complexity index is 447. The van der Waals surface area contributed by atoms with Crippen LogP contribution in [-0.2, 0) is 6.42 Å². The number of rotatable bonds is 5. The highest BCUT2D eigenvalue weighted by atomic mass is 14.9. The van der Waals surface area contributed by atoms with Crippen molar-refractivity contribution >= 4 is 0 Å². The first kappa shape index (κ1) is 12.9. The SMILES string of the molecule is C1=C(CCNCC2CCCc3ccccc32)CCC1. The molecule has 0 amide bonds. The van der Waals surface area contributed by atoms with Gasteiger partial charge in [0.25, 0.3) is 0 Å². The number of hydrogen-bond acceptors (Lipinski definition) is 1. The second-order valence-corrected chi connectivity index (χ2v) is 6.00. The van der Waals surface area contributed by atoms with E-state index in [-0.39, 0.29) is 0 Å². The zero-order valence-corrected chi connectivity index (χ0v) is 11.8. The molecule has 0 bridgehead atoms. The van der Waals surface area contributed by atoms with Crippen LogP contribution in [-0.4, -0.2) is 13.1 Å². The Morgan fingerprint density at radius 3 is 2.95 bits per heavy atom. The van der Waals surface area contributed by atoms with Gasteiger partial charge in [-0.2, -0.15) is 0 Å². The number of benzene rings is 1. The van der Waals surface area contributed by atoms with Crippen LogP contribution in [0, 0.1) is 0 Å². The third-order valence-electron chi connectivity index (χ3n) is 4.64. The molecular weight excluding hydrogens is 230 g/mol. The number of nitrogens with one attached hydrogen (secondary N) is 1. The van der Waals surface area contributed by atoms with Crippen molar-refractivity contribution in [2.75, 3.05) is 13.1 Å². The molecule has 102 valence electrons. The summed E-state index contributed by atoms with van der Waals surface area (Å²) < 4.78 is 0. The molecule has 0 radical (unpaired) electrons. The standard InChI is InChI=1S/C18H25N/c1-2-7-15(6-1)12-13-19-14-17-10-5-9-16-8-3-4-11-18(16)17/h3-4,6,8,11,17,19H,1-2,5,7,9-10,12-14H2. The zero-order valence-electron chi connectivity index (χ0n) is 11.8. The maximum absolute atomic E-state index is 3.68. The molecule has 0 heterocycles. The second kappa shape index (κ2) is 6.38. The fourth-order valence-corrected chi connectivity index (χ4v) is 3.56. The van der Waals surface area contributed by atoms with Crippen molar-refractivity contribution in [3.63, 3.8) is 0 Å². The largest absolute Gasteiger partial charge is 0.316 e. The molecule has 2 aliphatic carbocycles. The van der Waals surface area contributed by atoms with Crippen LogP contribution in [0.15, 0.2) is 35.9 Å². The number of aryl methyl sites for hydroxylation is 1. The first-order valence-electron chi connectivity index (χ1n) is 7.90. The fourth-order valence-electron chi connectivity index (χ4n) is 3.56. The van der Waals surface area contributed by atoms with E-state index in [9.17, 15) is 0 Å². The maximum Gasteiger partial charge on any atom is 0.00203 e. The molecule has 0 aliphatic heterocycles. The molecule has 1 unspecified atom stereocenters. The number of fused-ring (bicyclic) bond motifs is 1. The molecule has 0 saturated carbocycles. The van der Waals surface area contributed by atoms with E-state index in [4.69, 9.17) is 0 Å². The van der Waals surface area contributed by atoms with E-state index >= 15 is 0 Å². The summed E-state index contributed by atoms with van der Waals surface area (Å²) in [4.78, 5) is 0. The van der Waals surface area contributed by atoms with Gasteiger partial charge in [0.2, 0.25) is 0 Å². The van der Waals surface area contributed by atoms with Crippen molar-refractivity contribution in [1.82, 2.24) is 5.32 Å². The topological polar surface area (TPSA) is 12.0 Å². The van der Waals surface area contributed by atoms with Crippen LogP contribution in [0.2, 0.25) is 0 Å². The number of hydrogen-bond donors (Lipinski definition) is 1. The summed E-state index contributed by atoms with van der Waals surface area (Å²) in [7, 11) is 0. The van der Waals surface area contributed by atoms with Gasteiger partial charge in [0, 0.05) is 6.54 Å². The van der Waals surface area contributed by atoms with Crippen LogP contribution in [0.4, 0.5) is 0 Å².